The van der Waals surface area contributed by atoms with Crippen LogP contribution in [0.25, 0.3) is 156 Å². The summed E-state index contributed by atoms with van der Waals surface area (Å²) in [7, 11) is 0. The molecule has 446 valence electrons. The Morgan fingerprint density at radius 2 is 0.871 bits per heavy atom. The van der Waals surface area contributed by atoms with Crippen LogP contribution in [0.15, 0.2) is 305 Å². The fourth-order valence-electron chi connectivity index (χ4n) is 14.7. The molecule has 1 aliphatic carbocycles. The van der Waals surface area contributed by atoms with Crippen LogP contribution in [0, 0.1) is 6.92 Å². The van der Waals surface area contributed by atoms with Gasteiger partial charge in [0.25, 0.3) is 0 Å². The van der Waals surface area contributed by atoms with Crippen LogP contribution in [-0.4, -0.2) is 9.13 Å². The van der Waals surface area contributed by atoms with Crippen molar-refractivity contribution in [3.8, 4) is 89.3 Å². The van der Waals surface area contributed by atoms with Crippen molar-refractivity contribution < 1.29 is 0 Å². The fraction of sp³-hybridized carbons (Fsp3) is 0.0769. The Balaban J connectivity index is 0.00000174. The maximum Gasteiger partial charge on any atom is 0.0544 e. The molecule has 2 heteroatoms. The molecule has 2 nitrogen and oxygen atoms in total. The topological polar surface area (TPSA) is 9.86 Å². The molecule has 0 aliphatic heterocycles. The van der Waals surface area contributed by atoms with Gasteiger partial charge in [0.15, 0.2) is 0 Å². The van der Waals surface area contributed by atoms with Gasteiger partial charge in [-0.2, -0.15) is 0 Å². The molecule has 0 fully saturated rings. The SMILES string of the molecule is C=CC=C.C=Cc1cc(-c2cc(-c3cccc(-c4ccc5c(c4)c4cc6c(cc4n5-c4ccc(-c5ccc(-n7c8ccccc8c8cc(-c9ccccc9CC)c(C)cc87)cc5)cc4)C(C)(C)c4ccccc4-6)c3)cc(-c3ccc4ccccc4c3)c2)ccc1/C=C\C. The Bertz CT molecular complexity index is 5510. The van der Waals surface area contributed by atoms with E-state index in [1.807, 2.05) is 6.08 Å². The van der Waals surface area contributed by atoms with Crippen molar-refractivity contribution in [2.45, 2.75) is 46.5 Å². The number of aromatic nitrogens is 2. The second-order valence-corrected chi connectivity index (χ2v) is 25.3. The first kappa shape index (κ1) is 58.1. The molecule has 16 rings (SSSR count). The summed E-state index contributed by atoms with van der Waals surface area (Å²) in [5.74, 6) is 0. The number of hydrogen-bond donors (Lipinski definition) is 0. The highest BCUT2D eigenvalue weighted by Crippen LogP contribution is 2.52. The van der Waals surface area contributed by atoms with E-state index >= 15 is 0 Å². The molecule has 0 N–H and O–H groups in total. The summed E-state index contributed by atoms with van der Waals surface area (Å²) in [5.41, 5.74) is 31.6. The Hall–Kier alpha value is -11.3. The minimum absolute atomic E-state index is 0.153. The quantitative estimate of drug-likeness (QED) is 0.108. The molecule has 13 aromatic carbocycles. The smallest absolute Gasteiger partial charge is 0.0544 e. The van der Waals surface area contributed by atoms with Gasteiger partial charge in [0.1, 0.15) is 0 Å². The van der Waals surface area contributed by atoms with Gasteiger partial charge < -0.3 is 9.13 Å². The van der Waals surface area contributed by atoms with Gasteiger partial charge in [-0.1, -0.05) is 235 Å². The third kappa shape index (κ3) is 10.2. The molecule has 0 saturated carbocycles. The molecule has 0 unspecified atom stereocenters. The summed E-state index contributed by atoms with van der Waals surface area (Å²) in [6.45, 7) is 22.3. The van der Waals surface area contributed by atoms with Crippen LogP contribution in [0.1, 0.15) is 61.1 Å². The molecule has 0 atom stereocenters. The molecule has 2 heterocycles. The van der Waals surface area contributed by atoms with E-state index in [9.17, 15) is 0 Å². The van der Waals surface area contributed by atoms with Crippen molar-refractivity contribution in [1.29, 1.82) is 0 Å². The Morgan fingerprint density at radius 1 is 0.355 bits per heavy atom. The van der Waals surface area contributed by atoms with E-state index in [4.69, 9.17) is 0 Å². The predicted molar refractivity (Wildman–Crippen MR) is 402 cm³/mol. The summed E-state index contributed by atoms with van der Waals surface area (Å²) in [6, 6.07) is 100. The average molecular weight is 1190 g/mol. The first-order valence-electron chi connectivity index (χ1n) is 32.5. The van der Waals surface area contributed by atoms with Crippen LogP contribution in [0.3, 0.4) is 0 Å². The number of rotatable bonds is 12. The van der Waals surface area contributed by atoms with Gasteiger partial charge >= 0.3 is 0 Å². The molecule has 0 amide bonds. The van der Waals surface area contributed by atoms with E-state index in [1.165, 1.54) is 143 Å². The minimum atomic E-state index is -0.153. The summed E-state index contributed by atoms with van der Waals surface area (Å²) in [5, 5.41) is 7.48. The van der Waals surface area contributed by atoms with Crippen LogP contribution in [0.4, 0.5) is 0 Å². The predicted octanol–water partition coefficient (Wildman–Crippen LogP) is 25.2. The molecular weight excluding hydrogens is 1120 g/mol. The molecule has 0 radical (unpaired) electrons. The molecule has 15 aromatic rings. The Labute approximate surface area is 546 Å². The average Bonchev–Trinajstić information content (AvgIpc) is 1.56. The zero-order chi connectivity index (χ0) is 63.5. The van der Waals surface area contributed by atoms with Crippen molar-refractivity contribution in [3.63, 3.8) is 0 Å². The molecule has 1 aliphatic rings. The highest BCUT2D eigenvalue weighted by Gasteiger charge is 2.36. The molecule has 2 aromatic heterocycles. The van der Waals surface area contributed by atoms with E-state index in [2.05, 4.69) is 343 Å². The molecule has 0 bridgehead atoms. The van der Waals surface area contributed by atoms with Gasteiger partial charge in [-0.3, -0.25) is 0 Å². The lowest BCUT2D eigenvalue weighted by Gasteiger charge is -2.21. The zero-order valence-electron chi connectivity index (χ0n) is 53.5. The largest absolute Gasteiger partial charge is 0.309 e. The van der Waals surface area contributed by atoms with Crippen molar-refractivity contribution in [2.75, 3.05) is 0 Å². The number of benzene rings is 13. The van der Waals surface area contributed by atoms with Crippen molar-refractivity contribution in [3.05, 3.63) is 338 Å². The van der Waals surface area contributed by atoms with Gasteiger partial charge in [-0.15, -0.1) is 0 Å². The number of nitrogens with zero attached hydrogens (tertiary/aromatic N) is 2. The van der Waals surface area contributed by atoms with E-state index in [1.54, 1.807) is 12.2 Å². The Kier molecular flexibility index (Phi) is 14.9. The minimum Gasteiger partial charge on any atom is -0.309 e. The number of allylic oxidation sites excluding steroid dienone is 3. The number of aryl methyl sites for hydroxylation is 2. The van der Waals surface area contributed by atoms with Crippen molar-refractivity contribution in [2.24, 2.45) is 0 Å². The molecule has 0 spiro atoms. The van der Waals surface area contributed by atoms with Gasteiger partial charge in [0.2, 0.25) is 0 Å². The molecule has 93 heavy (non-hydrogen) atoms. The number of para-hydroxylation sites is 1. The lowest BCUT2D eigenvalue weighted by atomic mass is 9.82. The van der Waals surface area contributed by atoms with E-state index in [-0.39, 0.29) is 5.41 Å². The van der Waals surface area contributed by atoms with E-state index in [0.29, 0.717) is 0 Å². The van der Waals surface area contributed by atoms with Crippen molar-refractivity contribution in [1.82, 2.24) is 9.13 Å². The second-order valence-electron chi connectivity index (χ2n) is 25.3. The van der Waals surface area contributed by atoms with Crippen LogP contribution in [0.5, 0.6) is 0 Å². The van der Waals surface area contributed by atoms with E-state index < -0.39 is 0 Å². The normalized spacial score (nSPS) is 12.4. The third-order valence-electron chi connectivity index (χ3n) is 19.5. The van der Waals surface area contributed by atoms with Crippen LogP contribution in [0.2, 0.25) is 0 Å². The summed E-state index contributed by atoms with van der Waals surface area (Å²) < 4.78 is 4.94. The van der Waals surface area contributed by atoms with Gasteiger partial charge in [0.05, 0.1) is 22.1 Å². The lowest BCUT2D eigenvalue weighted by Crippen LogP contribution is -2.14. The zero-order valence-corrected chi connectivity index (χ0v) is 53.5. The summed E-state index contributed by atoms with van der Waals surface area (Å²) in [4.78, 5) is 0. The highest BCUT2D eigenvalue weighted by atomic mass is 15.0. The monoisotopic (exact) mass is 1190 g/mol. The molecular formula is C91H72N2. The van der Waals surface area contributed by atoms with E-state index in [0.717, 1.165) is 40.0 Å². The maximum absolute atomic E-state index is 4.20. The Morgan fingerprint density at radius 3 is 1.56 bits per heavy atom. The second kappa shape index (κ2) is 23.8. The van der Waals surface area contributed by atoms with Crippen LogP contribution < -0.4 is 0 Å². The first-order chi connectivity index (χ1) is 45.5. The highest BCUT2D eigenvalue weighted by molar-refractivity contribution is 6.14. The first-order valence-corrected chi connectivity index (χ1v) is 32.5. The molecule has 0 saturated heterocycles. The van der Waals surface area contributed by atoms with Gasteiger partial charge in [-0.25, -0.2) is 0 Å². The number of fused-ring (bicyclic) bond motifs is 10. The summed E-state index contributed by atoms with van der Waals surface area (Å²) >= 11 is 0. The fourth-order valence-corrected chi connectivity index (χ4v) is 14.7. The lowest BCUT2D eigenvalue weighted by molar-refractivity contribution is 0.661. The standard InChI is InChI=1S/C87H66N2.C4H6/c1-7-19-58-30-32-65(45-57(58)9-3)69-48-68(49-70(50-69)66-33-31-59-21-10-11-22-62(59)46-66)64-24-18-23-63(47-64)67-38-43-84-78(51-67)80-53-77-74-26-14-16-28-81(74)87(5,6)82(77)54-86(80)89(84)72-41-36-61(37-42-72)60-34-39-71(40-35-60)88-83-29-17-15-27-75(83)79-52-76(55(4)44-85(79)88)73-25-13-12-20-56(73)8-2;1-3-4-2/h7,9-54H,3,8H2,1-2,4-6H3;3-4H,1-2H2/b19-7-;. The van der Waals surface area contributed by atoms with Crippen LogP contribution >= 0.6 is 0 Å². The van der Waals surface area contributed by atoms with Gasteiger partial charge in [-0.05, 0) is 245 Å². The summed E-state index contributed by atoms with van der Waals surface area (Å²) in [6.07, 6.45) is 10.5. The van der Waals surface area contributed by atoms with Crippen molar-refractivity contribution >= 4 is 66.5 Å². The number of hydrogen-bond acceptors (Lipinski definition) is 0. The van der Waals surface area contributed by atoms with Gasteiger partial charge in [0, 0.05) is 38.3 Å². The van der Waals surface area contributed by atoms with Crippen LogP contribution in [-0.2, 0) is 11.8 Å². The third-order valence-corrected chi connectivity index (χ3v) is 19.5. The maximum atomic E-state index is 4.20.